The van der Waals surface area contributed by atoms with E-state index >= 15 is 0 Å². The van der Waals surface area contributed by atoms with E-state index in [0.717, 1.165) is 0 Å². The van der Waals surface area contributed by atoms with E-state index in [4.69, 9.17) is 9.47 Å². The summed E-state index contributed by atoms with van der Waals surface area (Å²) < 4.78 is 40.1. The van der Waals surface area contributed by atoms with E-state index in [9.17, 15) is 8.42 Å². The van der Waals surface area contributed by atoms with Gasteiger partial charge in [0.05, 0.1) is 0 Å². The number of sulfone groups is 1. The molecule has 0 saturated carbocycles. The number of para-hydroxylation sites is 2. The molecule has 0 amide bonds. The third-order valence-corrected chi connectivity index (χ3v) is 6.64. The molecule has 4 nitrogen and oxygen atoms in total. The van der Waals surface area contributed by atoms with Crippen LogP contribution in [0.5, 0.6) is 11.5 Å². The van der Waals surface area contributed by atoms with Gasteiger partial charge in [0.15, 0.2) is 0 Å². The highest BCUT2D eigenvalue weighted by Crippen LogP contribution is 2.37. The van der Waals surface area contributed by atoms with Crippen molar-refractivity contribution in [1.29, 1.82) is 0 Å². The summed E-state index contributed by atoms with van der Waals surface area (Å²) in [4.78, 5) is 0. The van der Waals surface area contributed by atoms with Gasteiger partial charge in [0.1, 0.15) is 11.5 Å². The molecule has 2 atom stereocenters. The monoisotopic (exact) mass is 430 g/mol. The Morgan fingerprint density at radius 2 is 0.742 bits per heavy atom. The minimum atomic E-state index is -4.01. The molecule has 0 radical (unpaired) electrons. The lowest BCUT2D eigenvalue weighted by molar-refractivity contribution is 0.241. The number of hydrogen-bond donors (Lipinski definition) is 0. The molecule has 4 aromatic carbocycles. The van der Waals surface area contributed by atoms with Crippen molar-refractivity contribution in [2.75, 3.05) is 0 Å². The summed E-state index contributed by atoms with van der Waals surface area (Å²) in [5, 5.41) is 0. The third kappa shape index (κ3) is 4.95. The molecule has 4 rings (SSSR count). The van der Waals surface area contributed by atoms with Crippen molar-refractivity contribution < 1.29 is 17.9 Å². The van der Waals surface area contributed by atoms with Crippen molar-refractivity contribution in [3.63, 3.8) is 0 Å². The van der Waals surface area contributed by atoms with Gasteiger partial charge >= 0.3 is 0 Å². The van der Waals surface area contributed by atoms with E-state index in [2.05, 4.69) is 0 Å². The molecule has 0 bridgehead atoms. The van der Waals surface area contributed by atoms with Crippen LogP contribution in [0.3, 0.4) is 0 Å². The lowest BCUT2D eigenvalue weighted by Crippen LogP contribution is -2.28. The largest absolute Gasteiger partial charge is 0.470 e. The van der Waals surface area contributed by atoms with Crippen LogP contribution in [-0.2, 0) is 9.84 Å². The standard InChI is InChI=1S/C26H22O4S/c27-31(28,25(21-13-5-1-6-14-21)29-23-17-9-3-10-18-23)26(22-15-7-2-8-16-22)30-24-19-11-4-12-20-24/h1-20,25-26H. The maximum atomic E-state index is 14.0. The fourth-order valence-corrected chi connectivity index (χ4v) is 5.02. The van der Waals surface area contributed by atoms with Crippen LogP contribution >= 0.6 is 0 Å². The highest BCUT2D eigenvalue weighted by molar-refractivity contribution is 7.91. The molecule has 156 valence electrons. The van der Waals surface area contributed by atoms with Gasteiger partial charge in [-0.05, 0) is 24.3 Å². The predicted octanol–water partition coefficient (Wildman–Crippen LogP) is 5.96. The number of hydrogen-bond acceptors (Lipinski definition) is 4. The first-order valence-corrected chi connectivity index (χ1v) is 11.5. The second kappa shape index (κ2) is 9.49. The van der Waals surface area contributed by atoms with E-state index < -0.39 is 20.7 Å². The Morgan fingerprint density at radius 3 is 1.06 bits per heavy atom. The fourth-order valence-electron chi connectivity index (χ4n) is 3.23. The molecule has 4 aromatic rings. The van der Waals surface area contributed by atoms with E-state index in [0.29, 0.717) is 22.6 Å². The summed E-state index contributed by atoms with van der Waals surface area (Å²) in [6.45, 7) is 0. The van der Waals surface area contributed by atoms with Crippen LogP contribution in [0.4, 0.5) is 0 Å². The average molecular weight is 431 g/mol. The Morgan fingerprint density at radius 1 is 0.452 bits per heavy atom. The number of rotatable bonds is 8. The fraction of sp³-hybridized carbons (Fsp3) is 0.0769. The quantitative estimate of drug-likeness (QED) is 0.346. The molecular weight excluding hydrogens is 408 g/mol. The van der Waals surface area contributed by atoms with Gasteiger partial charge in [-0.25, -0.2) is 8.42 Å². The smallest absolute Gasteiger partial charge is 0.234 e. The van der Waals surface area contributed by atoms with Crippen LogP contribution in [0.1, 0.15) is 22.0 Å². The van der Waals surface area contributed by atoms with E-state index in [1.54, 1.807) is 97.1 Å². The Labute approximate surface area is 182 Å². The Kier molecular flexibility index (Phi) is 6.34. The van der Waals surface area contributed by atoms with Gasteiger partial charge in [0.25, 0.3) is 0 Å². The van der Waals surface area contributed by atoms with E-state index in [1.807, 2.05) is 24.3 Å². The highest BCUT2D eigenvalue weighted by atomic mass is 32.2. The SMILES string of the molecule is O=S(=O)(C(Oc1ccccc1)c1ccccc1)C(Oc1ccccc1)c1ccccc1. The van der Waals surface area contributed by atoms with Gasteiger partial charge in [-0.15, -0.1) is 0 Å². The van der Waals surface area contributed by atoms with Gasteiger partial charge in [-0.3, -0.25) is 0 Å². The molecule has 0 aromatic heterocycles. The minimum Gasteiger partial charge on any atom is -0.470 e. The Balaban J connectivity index is 1.79. The van der Waals surface area contributed by atoms with Crippen LogP contribution in [0, 0.1) is 0 Å². The first kappa shape index (κ1) is 20.7. The Bertz CT molecular complexity index is 1090. The third-order valence-electron chi connectivity index (χ3n) is 4.71. The number of benzene rings is 4. The summed E-state index contributed by atoms with van der Waals surface area (Å²) in [6.07, 6.45) is 0. The van der Waals surface area contributed by atoms with E-state index in [1.165, 1.54) is 0 Å². The zero-order chi connectivity index (χ0) is 21.5. The molecular formula is C26H22O4S. The first-order valence-electron chi connectivity index (χ1n) is 9.90. The van der Waals surface area contributed by atoms with Gasteiger partial charge in [0, 0.05) is 11.1 Å². The second-order valence-corrected chi connectivity index (χ2v) is 8.97. The topological polar surface area (TPSA) is 52.6 Å². The normalized spacial score (nSPS) is 13.2. The molecule has 0 aliphatic carbocycles. The summed E-state index contributed by atoms with van der Waals surface area (Å²) in [7, 11) is -4.01. The highest BCUT2D eigenvalue weighted by Gasteiger charge is 2.39. The molecule has 31 heavy (non-hydrogen) atoms. The molecule has 0 spiro atoms. The summed E-state index contributed by atoms with van der Waals surface area (Å²) in [6, 6.07) is 35.7. The molecule has 0 aliphatic heterocycles. The number of ether oxygens (including phenoxy) is 2. The van der Waals surface area contributed by atoms with Crippen molar-refractivity contribution in [2.45, 2.75) is 10.9 Å². The van der Waals surface area contributed by atoms with Crippen LogP contribution in [0.15, 0.2) is 121 Å². The molecule has 0 saturated heterocycles. The predicted molar refractivity (Wildman–Crippen MR) is 121 cm³/mol. The van der Waals surface area contributed by atoms with Crippen molar-refractivity contribution >= 4 is 9.84 Å². The summed E-state index contributed by atoms with van der Waals surface area (Å²) in [5.41, 5.74) is -1.43. The zero-order valence-electron chi connectivity index (χ0n) is 16.7. The van der Waals surface area contributed by atoms with Crippen LogP contribution in [0.25, 0.3) is 0 Å². The van der Waals surface area contributed by atoms with Crippen molar-refractivity contribution in [3.8, 4) is 11.5 Å². The Hall–Kier alpha value is -3.57. The van der Waals surface area contributed by atoms with Crippen molar-refractivity contribution in [3.05, 3.63) is 132 Å². The van der Waals surface area contributed by atoms with Gasteiger partial charge in [0.2, 0.25) is 20.7 Å². The summed E-state index contributed by atoms with van der Waals surface area (Å²) >= 11 is 0. The van der Waals surface area contributed by atoms with E-state index in [-0.39, 0.29) is 0 Å². The van der Waals surface area contributed by atoms with Crippen LogP contribution < -0.4 is 9.47 Å². The molecule has 5 heteroatoms. The second-order valence-electron chi connectivity index (χ2n) is 6.94. The van der Waals surface area contributed by atoms with Crippen molar-refractivity contribution in [2.24, 2.45) is 0 Å². The lowest BCUT2D eigenvalue weighted by Gasteiger charge is -2.26. The lowest BCUT2D eigenvalue weighted by atomic mass is 10.2. The first-order chi connectivity index (χ1) is 15.1. The maximum Gasteiger partial charge on any atom is 0.234 e. The molecule has 0 aliphatic rings. The van der Waals surface area contributed by atoms with Crippen LogP contribution in [-0.4, -0.2) is 8.42 Å². The average Bonchev–Trinajstić information content (AvgIpc) is 2.83. The minimum absolute atomic E-state index is 0.464. The zero-order valence-corrected chi connectivity index (χ0v) is 17.6. The van der Waals surface area contributed by atoms with Gasteiger partial charge in [-0.2, -0.15) is 0 Å². The van der Waals surface area contributed by atoms with Crippen LogP contribution in [0.2, 0.25) is 0 Å². The molecule has 0 N–H and O–H groups in total. The maximum absolute atomic E-state index is 14.0. The molecule has 0 fully saturated rings. The van der Waals surface area contributed by atoms with Gasteiger partial charge in [-0.1, -0.05) is 97.1 Å². The molecule has 0 heterocycles. The summed E-state index contributed by atoms with van der Waals surface area (Å²) in [5.74, 6) is 0.929. The van der Waals surface area contributed by atoms with Crippen molar-refractivity contribution in [1.82, 2.24) is 0 Å². The van der Waals surface area contributed by atoms with Gasteiger partial charge < -0.3 is 9.47 Å². The molecule has 2 unspecified atom stereocenters.